The molecule has 2 aliphatic heterocycles. The number of aromatic nitrogens is 4. The average Bonchev–Trinajstić information content (AvgIpc) is 3.81. The summed E-state index contributed by atoms with van der Waals surface area (Å²) < 4.78 is 10.3. The van der Waals surface area contributed by atoms with Gasteiger partial charge >= 0.3 is 0 Å². The van der Waals surface area contributed by atoms with E-state index in [1.54, 1.807) is 0 Å². The van der Waals surface area contributed by atoms with Crippen molar-refractivity contribution in [1.29, 1.82) is 0 Å². The minimum absolute atomic E-state index is 0.0532. The number of fused-ring (bicyclic) bond motifs is 14. The van der Waals surface area contributed by atoms with Gasteiger partial charge in [0, 0.05) is 93.3 Å². The van der Waals surface area contributed by atoms with E-state index in [0.717, 1.165) is 25.8 Å². The maximum Gasteiger partial charge on any atom is 0.213 e. The minimum Gasteiger partial charge on any atom is -0.309 e. The maximum absolute atomic E-state index is 2.66. The molecular weight excluding hydrogens is 765 g/mol. The zero-order valence-electron chi connectivity index (χ0n) is 35.7. The van der Waals surface area contributed by atoms with Gasteiger partial charge in [0.15, 0.2) is 18.3 Å². The van der Waals surface area contributed by atoms with Gasteiger partial charge in [-0.15, -0.1) is 0 Å². The van der Waals surface area contributed by atoms with E-state index in [2.05, 4.69) is 226 Å². The third-order valence-electron chi connectivity index (χ3n) is 15.2. The summed E-state index contributed by atoms with van der Waals surface area (Å²) in [5, 5.41) is 6.38. The van der Waals surface area contributed by atoms with Crippen molar-refractivity contribution in [2.75, 3.05) is 0 Å². The quantitative estimate of drug-likeness (QED) is 0.154. The van der Waals surface area contributed by atoms with Gasteiger partial charge in [-0.05, 0) is 83.9 Å². The summed E-state index contributed by atoms with van der Waals surface area (Å²) in [5.41, 5.74) is 16.7. The molecule has 13 rings (SSSR count). The van der Waals surface area contributed by atoms with Crippen LogP contribution in [0, 0.1) is 0 Å². The van der Waals surface area contributed by atoms with Gasteiger partial charge in [-0.1, -0.05) is 105 Å². The molecule has 2 aliphatic rings. The van der Waals surface area contributed by atoms with Gasteiger partial charge in [0.05, 0.1) is 33.5 Å². The number of pyridine rings is 2. The molecule has 0 saturated heterocycles. The van der Waals surface area contributed by atoms with E-state index in [1.165, 1.54) is 99.5 Å². The van der Waals surface area contributed by atoms with Gasteiger partial charge in [-0.2, -0.15) is 9.13 Å². The first-order valence-electron chi connectivity index (χ1n) is 22.8. The summed E-state index contributed by atoms with van der Waals surface area (Å²) in [6.07, 6.45) is 5.54. The van der Waals surface area contributed by atoms with Crippen LogP contribution in [-0.4, -0.2) is 9.13 Å². The van der Waals surface area contributed by atoms with Crippen molar-refractivity contribution in [3.8, 4) is 33.9 Å². The fraction of sp³-hybridized carbons (Fsp3) is 0.153. The van der Waals surface area contributed by atoms with Crippen LogP contribution in [0.15, 0.2) is 194 Å². The van der Waals surface area contributed by atoms with E-state index >= 15 is 0 Å². The highest BCUT2D eigenvalue weighted by Gasteiger charge is 2.49. The normalized spacial score (nSPS) is 16.5. The fourth-order valence-electron chi connectivity index (χ4n) is 12.1. The Kier molecular flexibility index (Phi) is 8.00. The van der Waals surface area contributed by atoms with Crippen molar-refractivity contribution in [3.63, 3.8) is 0 Å². The van der Waals surface area contributed by atoms with Gasteiger partial charge in [-0.25, -0.2) is 0 Å². The Hall–Kier alpha value is -7.30. The number of hydrogen-bond donors (Lipinski definition) is 0. The summed E-state index contributed by atoms with van der Waals surface area (Å²) in [4.78, 5) is 0. The van der Waals surface area contributed by atoms with E-state index in [0.29, 0.717) is 0 Å². The molecule has 0 saturated carbocycles. The number of benzene rings is 7. The molecule has 2 unspecified atom stereocenters. The topological polar surface area (TPSA) is 17.6 Å². The molecule has 0 N–H and O–H groups in total. The molecule has 6 heterocycles. The molecule has 0 amide bonds. The highest BCUT2D eigenvalue weighted by atomic mass is 15.1. The van der Waals surface area contributed by atoms with Crippen molar-refractivity contribution < 1.29 is 9.13 Å². The second-order valence-corrected chi connectivity index (χ2v) is 18.0. The summed E-state index contributed by atoms with van der Waals surface area (Å²) in [6.45, 7) is 5.75. The van der Waals surface area contributed by atoms with Crippen molar-refractivity contribution >= 4 is 54.5 Å². The fourth-order valence-corrected chi connectivity index (χ4v) is 12.1. The average molecular weight is 813 g/mol. The highest BCUT2D eigenvalue weighted by Crippen LogP contribution is 2.51. The van der Waals surface area contributed by atoms with Crippen LogP contribution in [0.4, 0.5) is 0 Å². The minimum atomic E-state index is -0.0532. The van der Waals surface area contributed by atoms with Crippen LogP contribution in [0.2, 0.25) is 0 Å². The Balaban J connectivity index is 1.08. The SMILES string of the molecule is CCC1(CC)CC(C2C[n+]3c(ccc4ccccc43)-c3ccccc32)c2ccc(-n3c4ccccc4c4cc5c6ccccc6n(-c6ccccc6)c5cc43)cc2-c2cccc[n+]21. The molecule has 4 nitrogen and oxygen atoms in total. The molecule has 0 spiro atoms. The molecule has 0 fully saturated rings. The second kappa shape index (κ2) is 13.9. The smallest absolute Gasteiger partial charge is 0.213 e. The summed E-state index contributed by atoms with van der Waals surface area (Å²) in [7, 11) is 0. The Labute approximate surface area is 367 Å². The van der Waals surface area contributed by atoms with Gasteiger partial charge in [-0.3, -0.25) is 0 Å². The molecular formula is C59H48N4+2. The van der Waals surface area contributed by atoms with Crippen LogP contribution >= 0.6 is 0 Å². The predicted molar refractivity (Wildman–Crippen MR) is 259 cm³/mol. The third kappa shape index (κ3) is 5.21. The standard InChI is InChI=1S/C59H48N4/c1-3-59(4-2)37-50(51-38-60-52-25-13-8-18-39(52)29-32-53(60)44-22-10-9-21-42(44)51)43-31-30-41(34-47(43)54-26-16-17-33-61(54)59)63-56-28-15-12-24-46(56)49-35-48-45-23-11-14-27-55(45)62(57(48)36-58(49)63)40-19-6-5-7-20-40/h5-36,50-51H,3-4,37-38H2,1-2H3/q+2. The zero-order chi connectivity index (χ0) is 41.8. The Bertz CT molecular complexity index is 3620. The van der Waals surface area contributed by atoms with Crippen molar-refractivity contribution in [3.05, 3.63) is 205 Å². The molecule has 0 bridgehead atoms. The number of hydrogen-bond acceptors (Lipinski definition) is 0. The van der Waals surface area contributed by atoms with Crippen molar-refractivity contribution in [1.82, 2.24) is 9.13 Å². The lowest BCUT2D eigenvalue weighted by atomic mass is 9.70. The highest BCUT2D eigenvalue weighted by molar-refractivity contribution is 6.19. The van der Waals surface area contributed by atoms with Gasteiger partial charge in [0.2, 0.25) is 16.9 Å². The summed E-state index contributed by atoms with van der Waals surface area (Å²) in [6, 6.07) is 70.7. The third-order valence-corrected chi connectivity index (χ3v) is 15.2. The Morgan fingerprint density at radius 1 is 0.476 bits per heavy atom. The van der Waals surface area contributed by atoms with Crippen LogP contribution in [0.1, 0.15) is 56.1 Å². The molecule has 302 valence electrons. The van der Waals surface area contributed by atoms with Crippen molar-refractivity contribution in [2.24, 2.45) is 0 Å². The van der Waals surface area contributed by atoms with E-state index in [-0.39, 0.29) is 17.4 Å². The van der Waals surface area contributed by atoms with E-state index in [4.69, 9.17) is 0 Å². The Morgan fingerprint density at radius 2 is 1.13 bits per heavy atom. The van der Waals surface area contributed by atoms with Gasteiger partial charge < -0.3 is 9.13 Å². The van der Waals surface area contributed by atoms with Gasteiger partial charge in [0.25, 0.3) is 0 Å². The van der Waals surface area contributed by atoms with Crippen LogP contribution in [-0.2, 0) is 12.1 Å². The Morgan fingerprint density at radius 3 is 1.90 bits per heavy atom. The molecule has 4 aromatic heterocycles. The first kappa shape index (κ1) is 36.4. The molecule has 0 aliphatic carbocycles. The number of rotatable bonds is 5. The van der Waals surface area contributed by atoms with Crippen LogP contribution in [0.25, 0.3) is 88.4 Å². The first-order chi connectivity index (χ1) is 31.1. The zero-order valence-corrected chi connectivity index (χ0v) is 35.7. The molecule has 7 aromatic carbocycles. The van der Waals surface area contributed by atoms with Gasteiger partial charge in [0.1, 0.15) is 0 Å². The van der Waals surface area contributed by atoms with E-state index in [1.807, 2.05) is 0 Å². The lowest BCUT2D eigenvalue weighted by Gasteiger charge is -2.35. The molecule has 2 atom stereocenters. The van der Waals surface area contributed by atoms with Crippen LogP contribution in [0.3, 0.4) is 0 Å². The molecule has 0 radical (unpaired) electrons. The van der Waals surface area contributed by atoms with Crippen molar-refractivity contribution in [2.45, 2.75) is 57.0 Å². The van der Waals surface area contributed by atoms with Crippen LogP contribution in [0.5, 0.6) is 0 Å². The first-order valence-corrected chi connectivity index (χ1v) is 22.8. The largest absolute Gasteiger partial charge is 0.309 e. The van der Waals surface area contributed by atoms with E-state index in [9.17, 15) is 0 Å². The molecule has 11 aromatic rings. The van der Waals surface area contributed by atoms with E-state index < -0.39 is 0 Å². The molecule has 4 heteroatoms. The maximum atomic E-state index is 2.66. The monoisotopic (exact) mass is 812 g/mol. The summed E-state index contributed by atoms with van der Waals surface area (Å²) in [5.74, 6) is 0.553. The lowest BCUT2D eigenvalue weighted by molar-refractivity contribution is -0.757. The molecule has 63 heavy (non-hydrogen) atoms. The second-order valence-electron chi connectivity index (χ2n) is 18.0. The predicted octanol–water partition coefficient (Wildman–Crippen LogP) is 13.7. The number of para-hydroxylation sites is 4. The number of nitrogens with zero attached hydrogens (tertiary/aromatic N) is 4. The van der Waals surface area contributed by atoms with Crippen LogP contribution < -0.4 is 9.13 Å². The summed E-state index contributed by atoms with van der Waals surface area (Å²) >= 11 is 0. The lowest BCUT2D eigenvalue weighted by Crippen LogP contribution is -2.57.